The topological polar surface area (TPSA) is 87.7 Å². The van der Waals surface area contributed by atoms with Crippen LogP contribution in [0.25, 0.3) is 22.3 Å². The Labute approximate surface area is 135 Å². The van der Waals surface area contributed by atoms with E-state index in [1.807, 2.05) is 0 Å². The van der Waals surface area contributed by atoms with Crippen molar-refractivity contribution in [3.05, 3.63) is 62.8 Å². The fourth-order valence-corrected chi connectivity index (χ4v) is 2.65. The van der Waals surface area contributed by atoms with Gasteiger partial charge in [-0.2, -0.15) is 0 Å². The van der Waals surface area contributed by atoms with E-state index in [1.54, 1.807) is 13.0 Å². The van der Waals surface area contributed by atoms with Gasteiger partial charge in [0.05, 0.1) is 10.9 Å². The average Bonchev–Trinajstić information content (AvgIpc) is 2.51. The molecule has 116 valence electrons. The second-order valence-corrected chi connectivity index (χ2v) is 5.53. The minimum Gasteiger partial charge on any atom is -0.502 e. The van der Waals surface area contributed by atoms with E-state index in [0.717, 1.165) is 0 Å². The fourth-order valence-electron chi connectivity index (χ4n) is 2.37. The van der Waals surface area contributed by atoms with Gasteiger partial charge in [0.1, 0.15) is 5.58 Å². The van der Waals surface area contributed by atoms with Gasteiger partial charge in [-0.3, -0.25) is 4.79 Å². The van der Waals surface area contributed by atoms with Crippen LogP contribution in [0.2, 0.25) is 5.02 Å². The molecule has 0 fully saturated rings. The SMILES string of the molecule is Cc1cc(Cl)cc2c(=O)c(O)c(-c3ccc(C(=O)O)cc3)oc12. The minimum atomic E-state index is -1.06. The van der Waals surface area contributed by atoms with Crippen LogP contribution in [0, 0.1) is 6.92 Å². The Hall–Kier alpha value is -2.79. The van der Waals surface area contributed by atoms with E-state index < -0.39 is 17.1 Å². The van der Waals surface area contributed by atoms with Gasteiger partial charge in [-0.05, 0) is 36.8 Å². The lowest BCUT2D eigenvalue weighted by atomic mass is 10.1. The zero-order valence-corrected chi connectivity index (χ0v) is 12.7. The third-order valence-corrected chi connectivity index (χ3v) is 3.73. The number of halogens is 1. The highest BCUT2D eigenvalue weighted by Crippen LogP contribution is 2.32. The third-order valence-electron chi connectivity index (χ3n) is 3.51. The molecule has 0 spiro atoms. The van der Waals surface area contributed by atoms with Gasteiger partial charge in [-0.15, -0.1) is 0 Å². The molecule has 0 atom stereocenters. The van der Waals surface area contributed by atoms with E-state index in [0.29, 0.717) is 21.7 Å². The van der Waals surface area contributed by atoms with E-state index in [9.17, 15) is 14.7 Å². The van der Waals surface area contributed by atoms with Crippen LogP contribution in [0.3, 0.4) is 0 Å². The molecule has 3 aromatic rings. The number of carboxylic acids is 1. The summed E-state index contributed by atoms with van der Waals surface area (Å²) in [4.78, 5) is 23.2. The summed E-state index contributed by atoms with van der Waals surface area (Å²) in [7, 11) is 0. The molecule has 1 aromatic heterocycles. The summed E-state index contributed by atoms with van der Waals surface area (Å²) in [6, 6.07) is 8.77. The summed E-state index contributed by atoms with van der Waals surface area (Å²) in [6.45, 7) is 1.74. The van der Waals surface area contributed by atoms with Crippen molar-refractivity contribution < 1.29 is 19.4 Å². The first kappa shape index (κ1) is 15.1. The van der Waals surface area contributed by atoms with Crippen molar-refractivity contribution in [1.29, 1.82) is 0 Å². The van der Waals surface area contributed by atoms with Gasteiger partial charge in [-0.25, -0.2) is 4.79 Å². The predicted octanol–water partition coefficient (Wildman–Crippen LogP) is 3.83. The standard InChI is InChI=1S/C17H11ClO5/c1-8-6-11(18)7-12-13(19)14(20)16(23-15(8)12)9-2-4-10(5-3-9)17(21)22/h2-7,20H,1H3,(H,21,22). The molecule has 0 amide bonds. The molecule has 6 heteroatoms. The number of benzene rings is 2. The lowest BCUT2D eigenvalue weighted by Gasteiger charge is -2.08. The molecule has 2 N–H and O–H groups in total. The second kappa shape index (κ2) is 5.44. The van der Waals surface area contributed by atoms with E-state index in [-0.39, 0.29) is 16.7 Å². The van der Waals surface area contributed by atoms with E-state index in [4.69, 9.17) is 21.1 Å². The lowest BCUT2D eigenvalue weighted by molar-refractivity contribution is 0.0697. The van der Waals surface area contributed by atoms with E-state index >= 15 is 0 Å². The van der Waals surface area contributed by atoms with Crippen molar-refractivity contribution >= 4 is 28.5 Å². The first-order valence-corrected chi connectivity index (χ1v) is 7.06. The first-order chi connectivity index (χ1) is 10.9. The highest BCUT2D eigenvalue weighted by atomic mass is 35.5. The van der Waals surface area contributed by atoms with Crippen LogP contribution in [-0.4, -0.2) is 16.2 Å². The largest absolute Gasteiger partial charge is 0.502 e. The Morgan fingerprint density at radius 2 is 1.83 bits per heavy atom. The minimum absolute atomic E-state index is 0.00939. The quantitative estimate of drug-likeness (QED) is 0.745. The van der Waals surface area contributed by atoms with Crippen LogP contribution in [-0.2, 0) is 0 Å². The van der Waals surface area contributed by atoms with Crippen LogP contribution >= 0.6 is 11.6 Å². The van der Waals surface area contributed by atoms with Crippen LogP contribution in [0.1, 0.15) is 15.9 Å². The number of aryl methyl sites for hydroxylation is 1. The van der Waals surface area contributed by atoms with Gasteiger partial charge in [0.15, 0.2) is 5.76 Å². The van der Waals surface area contributed by atoms with Crippen molar-refractivity contribution in [1.82, 2.24) is 0 Å². The zero-order chi connectivity index (χ0) is 16.7. The van der Waals surface area contributed by atoms with Crippen molar-refractivity contribution in [3.8, 4) is 17.1 Å². The number of rotatable bonds is 2. The number of hydrogen-bond donors (Lipinski definition) is 2. The molecule has 3 rings (SSSR count). The number of carboxylic acid groups (broad SMARTS) is 1. The highest BCUT2D eigenvalue weighted by molar-refractivity contribution is 6.31. The molecule has 0 saturated heterocycles. The normalized spacial score (nSPS) is 10.9. The summed E-state index contributed by atoms with van der Waals surface area (Å²) in [5.74, 6) is -1.61. The molecule has 1 heterocycles. The Bertz CT molecular complexity index is 987. The molecule has 23 heavy (non-hydrogen) atoms. The molecule has 0 aliphatic heterocycles. The van der Waals surface area contributed by atoms with Gasteiger partial charge < -0.3 is 14.6 Å². The summed E-state index contributed by atoms with van der Waals surface area (Å²) in [5.41, 5.74) is 0.900. The van der Waals surface area contributed by atoms with Gasteiger partial charge in [0, 0.05) is 10.6 Å². The molecule has 0 aliphatic rings. The first-order valence-electron chi connectivity index (χ1n) is 6.68. The smallest absolute Gasteiger partial charge is 0.335 e. The predicted molar refractivity (Wildman–Crippen MR) is 86.3 cm³/mol. The molecule has 0 aliphatic carbocycles. The van der Waals surface area contributed by atoms with Gasteiger partial charge >= 0.3 is 5.97 Å². The molecule has 0 saturated carbocycles. The summed E-state index contributed by atoms with van der Waals surface area (Å²) in [5, 5.41) is 19.6. The maximum Gasteiger partial charge on any atom is 0.335 e. The highest BCUT2D eigenvalue weighted by Gasteiger charge is 2.17. The van der Waals surface area contributed by atoms with E-state index in [2.05, 4.69) is 0 Å². The average molecular weight is 331 g/mol. The number of aromatic hydroxyl groups is 1. The molecule has 5 nitrogen and oxygen atoms in total. The van der Waals surface area contributed by atoms with Gasteiger partial charge in [0.25, 0.3) is 0 Å². The van der Waals surface area contributed by atoms with Crippen LogP contribution in [0.5, 0.6) is 5.75 Å². The van der Waals surface area contributed by atoms with Crippen LogP contribution in [0.4, 0.5) is 0 Å². The maximum atomic E-state index is 12.3. The molecule has 2 aromatic carbocycles. The molecule has 0 unspecified atom stereocenters. The number of carbonyl (C=O) groups is 1. The Balaban J connectivity index is 2.28. The second-order valence-electron chi connectivity index (χ2n) is 5.09. The monoisotopic (exact) mass is 330 g/mol. The Kier molecular flexibility index (Phi) is 3.58. The Morgan fingerprint density at radius 3 is 2.43 bits per heavy atom. The fraction of sp³-hybridized carbons (Fsp3) is 0.0588. The third kappa shape index (κ3) is 2.55. The zero-order valence-electron chi connectivity index (χ0n) is 12.0. The van der Waals surface area contributed by atoms with Crippen molar-refractivity contribution in [2.75, 3.05) is 0 Å². The number of fused-ring (bicyclic) bond motifs is 1. The molecule has 0 radical (unpaired) electrons. The molecule has 0 bridgehead atoms. The van der Waals surface area contributed by atoms with Crippen molar-refractivity contribution in [3.63, 3.8) is 0 Å². The maximum absolute atomic E-state index is 12.3. The Morgan fingerprint density at radius 1 is 1.17 bits per heavy atom. The van der Waals surface area contributed by atoms with Gasteiger partial charge in [-0.1, -0.05) is 23.7 Å². The summed E-state index contributed by atoms with van der Waals surface area (Å²) >= 11 is 5.93. The van der Waals surface area contributed by atoms with E-state index in [1.165, 1.54) is 30.3 Å². The van der Waals surface area contributed by atoms with Crippen molar-refractivity contribution in [2.24, 2.45) is 0 Å². The summed E-state index contributed by atoms with van der Waals surface area (Å²) < 4.78 is 5.69. The lowest BCUT2D eigenvalue weighted by Crippen LogP contribution is -2.03. The summed E-state index contributed by atoms with van der Waals surface area (Å²) in [6.07, 6.45) is 0. The number of hydrogen-bond acceptors (Lipinski definition) is 4. The molecular formula is C17H11ClO5. The van der Waals surface area contributed by atoms with Crippen molar-refractivity contribution in [2.45, 2.75) is 6.92 Å². The van der Waals surface area contributed by atoms with Crippen LogP contribution in [0.15, 0.2) is 45.6 Å². The molecular weight excluding hydrogens is 320 g/mol. The van der Waals surface area contributed by atoms with Gasteiger partial charge in [0.2, 0.25) is 11.2 Å². The van der Waals surface area contributed by atoms with Crippen LogP contribution < -0.4 is 5.43 Å². The number of aromatic carboxylic acids is 1.